The van der Waals surface area contributed by atoms with E-state index in [1.165, 1.54) is 24.8 Å². The second-order valence-electron chi connectivity index (χ2n) is 5.26. The third-order valence-corrected chi connectivity index (χ3v) is 4.53. The fourth-order valence-electron chi connectivity index (χ4n) is 2.61. The molecule has 0 fully saturated rings. The molecule has 0 aromatic heterocycles. The average Bonchev–Trinajstić information content (AvgIpc) is 2.46. The minimum absolute atomic E-state index is 0.326. The van der Waals surface area contributed by atoms with E-state index in [0.29, 0.717) is 12.0 Å². The average molecular weight is 343 g/mol. The van der Waals surface area contributed by atoms with Gasteiger partial charge in [-0.2, -0.15) is 0 Å². The molecule has 1 aromatic rings. The Bertz CT molecular complexity index is 398. The van der Waals surface area contributed by atoms with Gasteiger partial charge in [0.2, 0.25) is 0 Å². The fourth-order valence-corrected chi connectivity index (χ4v) is 3.20. The molecule has 0 heterocycles. The predicted octanol–water partition coefficient (Wildman–Crippen LogP) is 4.05. The van der Waals surface area contributed by atoms with Gasteiger partial charge in [0.1, 0.15) is 5.75 Å². The predicted molar refractivity (Wildman–Crippen MR) is 88.8 cm³/mol. The summed E-state index contributed by atoms with van der Waals surface area (Å²) in [5.74, 6) is 7.27. The molecule has 2 unspecified atom stereocenters. The van der Waals surface area contributed by atoms with Crippen LogP contribution >= 0.6 is 15.9 Å². The molecule has 0 spiro atoms. The Morgan fingerprint density at radius 1 is 1.35 bits per heavy atom. The standard InChI is InChI=1S/C16H27BrN2O/c1-4-6-7-13(5-2)15(19-18)11-12-8-9-16(20-3)14(17)10-12/h8-10,13,15,19H,4-7,11,18H2,1-3H3. The molecular weight excluding hydrogens is 316 g/mol. The maximum atomic E-state index is 5.78. The van der Waals surface area contributed by atoms with E-state index in [1.807, 2.05) is 6.07 Å². The number of hydrogen-bond acceptors (Lipinski definition) is 3. The van der Waals surface area contributed by atoms with E-state index in [9.17, 15) is 0 Å². The molecule has 3 N–H and O–H groups in total. The third-order valence-electron chi connectivity index (χ3n) is 3.91. The number of ether oxygens (including phenoxy) is 1. The first kappa shape index (κ1) is 17.5. The molecule has 0 bridgehead atoms. The molecule has 0 radical (unpaired) electrons. The monoisotopic (exact) mass is 342 g/mol. The summed E-state index contributed by atoms with van der Waals surface area (Å²) in [5.41, 5.74) is 4.29. The number of unbranched alkanes of at least 4 members (excludes halogenated alkanes) is 1. The van der Waals surface area contributed by atoms with Gasteiger partial charge in [0, 0.05) is 6.04 Å². The molecule has 1 aromatic carbocycles. The molecule has 20 heavy (non-hydrogen) atoms. The van der Waals surface area contributed by atoms with Gasteiger partial charge in [0.05, 0.1) is 11.6 Å². The van der Waals surface area contributed by atoms with Crippen molar-refractivity contribution >= 4 is 15.9 Å². The molecule has 0 aliphatic rings. The van der Waals surface area contributed by atoms with Gasteiger partial charge in [0.25, 0.3) is 0 Å². The number of benzene rings is 1. The van der Waals surface area contributed by atoms with Crippen molar-refractivity contribution in [3.8, 4) is 5.75 Å². The van der Waals surface area contributed by atoms with Crippen LogP contribution in [0.3, 0.4) is 0 Å². The second kappa shape index (κ2) is 9.37. The van der Waals surface area contributed by atoms with Crippen molar-refractivity contribution in [2.75, 3.05) is 7.11 Å². The smallest absolute Gasteiger partial charge is 0.133 e. The lowest BCUT2D eigenvalue weighted by atomic mass is 9.88. The first-order valence-corrected chi connectivity index (χ1v) is 8.24. The van der Waals surface area contributed by atoms with Crippen LogP contribution in [0, 0.1) is 5.92 Å². The Hall–Kier alpha value is -0.580. The van der Waals surface area contributed by atoms with Crippen molar-refractivity contribution < 1.29 is 4.74 Å². The number of methoxy groups -OCH3 is 1. The van der Waals surface area contributed by atoms with E-state index < -0.39 is 0 Å². The van der Waals surface area contributed by atoms with Gasteiger partial charge >= 0.3 is 0 Å². The van der Waals surface area contributed by atoms with Crippen LogP contribution in [0.1, 0.15) is 45.1 Å². The number of hydrogen-bond donors (Lipinski definition) is 2. The van der Waals surface area contributed by atoms with Crippen LogP contribution in [0.15, 0.2) is 22.7 Å². The van der Waals surface area contributed by atoms with Crippen LogP contribution < -0.4 is 16.0 Å². The van der Waals surface area contributed by atoms with Crippen molar-refractivity contribution in [2.24, 2.45) is 11.8 Å². The van der Waals surface area contributed by atoms with E-state index in [4.69, 9.17) is 10.6 Å². The van der Waals surface area contributed by atoms with Crippen molar-refractivity contribution in [1.29, 1.82) is 0 Å². The van der Waals surface area contributed by atoms with Crippen LogP contribution in [0.2, 0.25) is 0 Å². The van der Waals surface area contributed by atoms with E-state index >= 15 is 0 Å². The first-order chi connectivity index (χ1) is 9.65. The Kier molecular flexibility index (Phi) is 8.19. The molecule has 0 saturated heterocycles. The highest BCUT2D eigenvalue weighted by atomic mass is 79.9. The maximum Gasteiger partial charge on any atom is 0.133 e. The summed E-state index contributed by atoms with van der Waals surface area (Å²) in [6, 6.07) is 6.56. The normalized spacial score (nSPS) is 14.1. The highest BCUT2D eigenvalue weighted by molar-refractivity contribution is 9.10. The van der Waals surface area contributed by atoms with Gasteiger partial charge in [0.15, 0.2) is 0 Å². The minimum Gasteiger partial charge on any atom is -0.496 e. The summed E-state index contributed by atoms with van der Waals surface area (Å²) < 4.78 is 6.26. The molecule has 4 heteroatoms. The lowest BCUT2D eigenvalue weighted by Gasteiger charge is -2.26. The highest BCUT2D eigenvalue weighted by Crippen LogP contribution is 2.27. The topological polar surface area (TPSA) is 47.3 Å². The Balaban J connectivity index is 2.73. The van der Waals surface area contributed by atoms with Crippen LogP contribution in [0.4, 0.5) is 0 Å². The van der Waals surface area contributed by atoms with Gasteiger partial charge in [-0.05, 0) is 52.4 Å². The van der Waals surface area contributed by atoms with Crippen LogP contribution in [-0.4, -0.2) is 13.2 Å². The molecule has 0 aliphatic heterocycles. The first-order valence-electron chi connectivity index (χ1n) is 7.44. The zero-order valence-corrected chi connectivity index (χ0v) is 14.4. The van der Waals surface area contributed by atoms with E-state index in [0.717, 1.165) is 23.1 Å². The molecule has 0 saturated carbocycles. The Labute approximate surface area is 131 Å². The molecule has 2 atom stereocenters. The van der Waals surface area contributed by atoms with Crippen LogP contribution in [-0.2, 0) is 6.42 Å². The molecule has 1 rings (SSSR count). The highest BCUT2D eigenvalue weighted by Gasteiger charge is 2.19. The molecule has 0 amide bonds. The van der Waals surface area contributed by atoms with Gasteiger partial charge < -0.3 is 4.74 Å². The third kappa shape index (κ3) is 5.08. The molecule has 114 valence electrons. The second-order valence-corrected chi connectivity index (χ2v) is 6.11. The van der Waals surface area contributed by atoms with E-state index in [-0.39, 0.29) is 0 Å². The minimum atomic E-state index is 0.326. The quantitative estimate of drug-likeness (QED) is 0.525. The number of nitrogens with two attached hydrogens (primary N) is 1. The van der Waals surface area contributed by atoms with Crippen molar-refractivity contribution in [3.63, 3.8) is 0 Å². The lowest BCUT2D eigenvalue weighted by Crippen LogP contribution is -2.42. The van der Waals surface area contributed by atoms with E-state index in [2.05, 4.69) is 47.3 Å². The fraction of sp³-hybridized carbons (Fsp3) is 0.625. The SMILES string of the molecule is CCCCC(CC)C(Cc1ccc(OC)c(Br)c1)NN. The van der Waals surface area contributed by atoms with Gasteiger partial charge in [-0.15, -0.1) is 0 Å². The zero-order chi connectivity index (χ0) is 15.0. The summed E-state index contributed by atoms with van der Waals surface area (Å²) in [7, 11) is 1.68. The van der Waals surface area contributed by atoms with Gasteiger partial charge in [-0.3, -0.25) is 11.3 Å². The summed E-state index contributed by atoms with van der Waals surface area (Å²) in [4.78, 5) is 0. The van der Waals surface area contributed by atoms with Crippen molar-refractivity contribution in [3.05, 3.63) is 28.2 Å². The molecule has 0 aliphatic carbocycles. The number of hydrazine groups is 1. The number of nitrogens with one attached hydrogen (secondary N) is 1. The maximum absolute atomic E-state index is 5.78. The van der Waals surface area contributed by atoms with Crippen LogP contribution in [0.5, 0.6) is 5.75 Å². The molecule has 3 nitrogen and oxygen atoms in total. The summed E-state index contributed by atoms with van der Waals surface area (Å²) >= 11 is 3.54. The van der Waals surface area contributed by atoms with Crippen LogP contribution in [0.25, 0.3) is 0 Å². The Morgan fingerprint density at radius 3 is 2.60 bits per heavy atom. The lowest BCUT2D eigenvalue weighted by molar-refractivity contribution is 0.318. The Morgan fingerprint density at radius 2 is 2.10 bits per heavy atom. The zero-order valence-electron chi connectivity index (χ0n) is 12.8. The number of halogens is 1. The van der Waals surface area contributed by atoms with E-state index in [1.54, 1.807) is 7.11 Å². The summed E-state index contributed by atoms with van der Waals surface area (Å²) in [5, 5.41) is 0. The van der Waals surface area contributed by atoms with Gasteiger partial charge in [-0.1, -0.05) is 39.2 Å². The number of rotatable bonds is 9. The van der Waals surface area contributed by atoms with Crippen molar-refractivity contribution in [2.45, 2.75) is 52.0 Å². The molecular formula is C16H27BrN2O. The summed E-state index contributed by atoms with van der Waals surface area (Å²) in [6.45, 7) is 4.48. The largest absolute Gasteiger partial charge is 0.496 e. The van der Waals surface area contributed by atoms with Gasteiger partial charge in [-0.25, -0.2) is 0 Å². The summed E-state index contributed by atoms with van der Waals surface area (Å²) in [6.07, 6.45) is 5.84. The van der Waals surface area contributed by atoms with Crippen molar-refractivity contribution in [1.82, 2.24) is 5.43 Å².